The summed E-state index contributed by atoms with van der Waals surface area (Å²) < 4.78 is 5.46. The summed E-state index contributed by atoms with van der Waals surface area (Å²) in [6.07, 6.45) is 3.55. The van der Waals surface area contributed by atoms with Crippen LogP contribution in [0.4, 0.5) is 5.69 Å². The Morgan fingerprint density at radius 2 is 1.72 bits per heavy atom. The summed E-state index contributed by atoms with van der Waals surface area (Å²) in [6.45, 7) is 1.61. The number of amides is 1. The van der Waals surface area contributed by atoms with Crippen molar-refractivity contribution in [3.05, 3.63) is 105 Å². The molecule has 1 aliphatic rings. The largest absolute Gasteiger partial charge is 0.452 e. The van der Waals surface area contributed by atoms with E-state index in [1.807, 2.05) is 24.3 Å². The minimum atomic E-state index is -0.555. The van der Waals surface area contributed by atoms with Crippen LogP contribution in [0.15, 0.2) is 66.7 Å². The number of benzene rings is 3. The van der Waals surface area contributed by atoms with Gasteiger partial charge < -0.3 is 10.1 Å². The Balaban J connectivity index is 1.42. The number of para-hydroxylation sites is 1. The van der Waals surface area contributed by atoms with Gasteiger partial charge >= 0.3 is 5.97 Å². The van der Waals surface area contributed by atoms with Crippen LogP contribution in [0.3, 0.4) is 0 Å². The maximum Gasteiger partial charge on any atom is 0.339 e. The van der Waals surface area contributed by atoms with Crippen LogP contribution >= 0.6 is 23.2 Å². The maximum atomic E-state index is 13.3. The number of allylic oxidation sites excluding steroid dienone is 1. The summed E-state index contributed by atoms with van der Waals surface area (Å²) in [7, 11) is 0. The van der Waals surface area contributed by atoms with Gasteiger partial charge in [-0.25, -0.2) is 9.78 Å². The number of nitrogens with zero attached hydrogens (tertiary/aromatic N) is 1. The van der Waals surface area contributed by atoms with Gasteiger partial charge in [0.05, 0.1) is 16.8 Å². The van der Waals surface area contributed by atoms with Gasteiger partial charge in [0.1, 0.15) is 0 Å². The second kappa shape index (κ2) is 10.1. The molecule has 3 aromatic carbocycles. The highest BCUT2D eigenvalue weighted by atomic mass is 35.5. The lowest BCUT2D eigenvalue weighted by Crippen LogP contribution is -2.21. The molecule has 0 bridgehead atoms. The van der Waals surface area contributed by atoms with Gasteiger partial charge in [0.2, 0.25) is 0 Å². The minimum Gasteiger partial charge on any atom is -0.452 e. The van der Waals surface area contributed by atoms with Gasteiger partial charge in [-0.1, -0.05) is 71.2 Å². The number of ether oxygens (including phenoxy) is 1. The van der Waals surface area contributed by atoms with Crippen LogP contribution in [-0.2, 0) is 16.0 Å². The van der Waals surface area contributed by atoms with E-state index in [1.165, 1.54) is 5.56 Å². The highest BCUT2D eigenvalue weighted by Crippen LogP contribution is 2.37. The number of aromatic nitrogens is 1. The number of rotatable bonds is 5. The van der Waals surface area contributed by atoms with Gasteiger partial charge in [-0.3, -0.25) is 4.79 Å². The second-order valence-corrected chi connectivity index (χ2v) is 9.57. The summed E-state index contributed by atoms with van der Waals surface area (Å²) in [6, 6.07) is 20.5. The third kappa shape index (κ3) is 5.13. The fraction of sp³-hybridized carbons (Fsp3) is 0.138. The molecular weight excluding hydrogens is 495 g/mol. The molecule has 5 nitrogen and oxygen atoms in total. The molecule has 0 spiro atoms. The lowest BCUT2D eigenvalue weighted by atomic mass is 10.0. The molecule has 1 N–H and O–H groups in total. The normalized spacial score (nSPS) is 13.6. The first-order valence-corrected chi connectivity index (χ1v) is 12.3. The Morgan fingerprint density at radius 1 is 1.00 bits per heavy atom. The molecule has 0 fully saturated rings. The predicted molar refractivity (Wildman–Crippen MR) is 144 cm³/mol. The van der Waals surface area contributed by atoms with Crippen molar-refractivity contribution >= 4 is 63.3 Å². The molecule has 0 aliphatic heterocycles. The smallest absolute Gasteiger partial charge is 0.339 e. The van der Waals surface area contributed by atoms with Crippen LogP contribution in [0.25, 0.3) is 22.6 Å². The lowest BCUT2D eigenvalue weighted by molar-refractivity contribution is -0.119. The van der Waals surface area contributed by atoms with Gasteiger partial charge in [0.25, 0.3) is 5.91 Å². The van der Waals surface area contributed by atoms with Crippen LogP contribution in [0.1, 0.15) is 39.2 Å². The Bertz CT molecular complexity index is 1510. The molecule has 0 unspecified atom stereocenters. The molecule has 0 saturated heterocycles. The van der Waals surface area contributed by atoms with E-state index < -0.39 is 18.5 Å². The van der Waals surface area contributed by atoms with E-state index in [0.29, 0.717) is 38.6 Å². The molecule has 1 aliphatic carbocycles. The number of carbonyl (C=O) groups excluding carboxylic acids is 2. The van der Waals surface area contributed by atoms with E-state index in [2.05, 4.69) is 42.6 Å². The number of hydrogen-bond acceptors (Lipinski definition) is 4. The van der Waals surface area contributed by atoms with Gasteiger partial charge in [-0.05, 0) is 66.8 Å². The Hall–Kier alpha value is -3.67. The molecule has 1 aromatic heterocycles. The zero-order valence-electron chi connectivity index (χ0n) is 19.5. The Morgan fingerprint density at radius 3 is 2.47 bits per heavy atom. The molecule has 1 heterocycles. The molecule has 5 rings (SSSR count). The fourth-order valence-electron chi connectivity index (χ4n) is 4.40. The molecule has 1 amide bonds. The first kappa shape index (κ1) is 24.0. The monoisotopic (exact) mass is 516 g/mol. The van der Waals surface area contributed by atoms with Crippen molar-refractivity contribution in [3.8, 4) is 0 Å². The molecule has 0 atom stereocenters. The number of anilines is 1. The van der Waals surface area contributed by atoms with Crippen molar-refractivity contribution in [2.24, 2.45) is 0 Å². The second-order valence-electron chi connectivity index (χ2n) is 8.69. The lowest BCUT2D eigenvalue weighted by Gasteiger charge is -2.13. The fourth-order valence-corrected chi connectivity index (χ4v) is 4.93. The number of hydrogen-bond donors (Lipinski definition) is 1. The molecule has 7 heteroatoms. The van der Waals surface area contributed by atoms with Crippen LogP contribution in [0.5, 0.6) is 0 Å². The number of pyridine rings is 1. The van der Waals surface area contributed by atoms with Crippen molar-refractivity contribution in [3.63, 3.8) is 0 Å². The zero-order valence-corrected chi connectivity index (χ0v) is 21.0. The molecular formula is C29H22Cl2N2O3. The number of fused-ring (bicyclic) bond motifs is 2. The number of esters is 1. The average molecular weight is 517 g/mol. The standard InChI is InChI=1S/C29H22Cl2N2O3/c1-17-6-8-18(9-7-17)12-19-10-11-24-27(23-4-2-3-5-25(23)33-28(19)24)29(35)36-16-26(34)32-22-14-20(30)13-21(31)15-22/h2-9,12-15H,10-11,16H2,1H3,(H,32,34)/b19-12+. The number of aryl methyl sites for hydroxylation is 1. The molecule has 4 aromatic rings. The van der Waals surface area contributed by atoms with E-state index in [9.17, 15) is 9.59 Å². The maximum absolute atomic E-state index is 13.3. The van der Waals surface area contributed by atoms with Gasteiger partial charge in [0.15, 0.2) is 6.61 Å². The summed E-state index contributed by atoms with van der Waals surface area (Å²) in [5.74, 6) is -1.04. The predicted octanol–water partition coefficient (Wildman–Crippen LogP) is 7.13. The molecule has 0 radical (unpaired) electrons. The van der Waals surface area contributed by atoms with Crippen LogP contribution in [0, 0.1) is 6.92 Å². The number of halogens is 2. The molecule has 0 saturated carbocycles. The van der Waals surface area contributed by atoms with Crippen molar-refractivity contribution in [1.29, 1.82) is 0 Å². The topological polar surface area (TPSA) is 68.3 Å². The summed E-state index contributed by atoms with van der Waals surface area (Å²) in [4.78, 5) is 30.6. The Kier molecular flexibility index (Phi) is 6.77. The van der Waals surface area contributed by atoms with Crippen LogP contribution in [0.2, 0.25) is 10.0 Å². The first-order chi connectivity index (χ1) is 17.4. The van der Waals surface area contributed by atoms with E-state index in [0.717, 1.165) is 28.8 Å². The van der Waals surface area contributed by atoms with E-state index in [-0.39, 0.29) is 0 Å². The quantitative estimate of drug-likeness (QED) is 0.286. The average Bonchev–Trinajstić information content (AvgIpc) is 3.23. The summed E-state index contributed by atoms with van der Waals surface area (Å²) >= 11 is 12.0. The minimum absolute atomic E-state index is 0.392. The van der Waals surface area contributed by atoms with E-state index in [4.69, 9.17) is 32.9 Å². The highest BCUT2D eigenvalue weighted by molar-refractivity contribution is 6.35. The Labute approximate surface area is 218 Å². The third-order valence-electron chi connectivity index (χ3n) is 6.04. The van der Waals surface area contributed by atoms with Crippen LogP contribution in [-0.4, -0.2) is 23.5 Å². The van der Waals surface area contributed by atoms with E-state index >= 15 is 0 Å². The van der Waals surface area contributed by atoms with Crippen molar-refractivity contribution in [2.75, 3.05) is 11.9 Å². The van der Waals surface area contributed by atoms with Gasteiger partial charge in [-0.15, -0.1) is 0 Å². The number of nitrogens with one attached hydrogen (secondary N) is 1. The van der Waals surface area contributed by atoms with E-state index in [1.54, 1.807) is 18.2 Å². The van der Waals surface area contributed by atoms with Crippen molar-refractivity contribution in [2.45, 2.75) is 19.8 Å². The van der Waals surface area contributed by atoms with Gasteiger partial charge in [-0.2, -0.15) is 0 Å². The zero-order chi connectivity index (χ0) is 25.2. The van der Waals surface area contributed by atoms with Gasteiger partial charge in [0, 0.05) is 21.1 Å². The van der Waals surface area contributed by atoms with Crippen molar-refractivity contribution < 1.29 is 14.3 Å². The highest BCUT2D eigenvalue weighted by Gasteiger charge is 2.28. The first-order valence-electron chi connectivity index (χ1n) is 11.5. The third-order valence-corrected chi connectivity index (χ3v) is 6.48. The summed E-state index contributed by atoms with van der Waals surface area (Å²) in [5, 5.41) is 4.14. The SMILES string of the molecule is Cc1ccc(/C=C2\CCc3c2nc2ccccc2c3C(=O)OCC(=O)Nc2cc(Cl)cc(Cl)c2)cc1. The molecule has 180 valence electrons. The summed E-state index contributed by atoms with van der Waals surface area (Å²) in [5.41, 5.74) is 6.60. The number of carbonyl (C=O) groups is 2. The molecule has 36 heavy (non-hydrogen) atoms. The van der Waals surface area contributed by atoms with Crippen LogP contribution < -0.4 is 5.32 Å². The van der Waals surface area contributed by atoms with Crippen molar-refractivity contribution in [1.82, 2.24) is 4.98 Å².